The average Bonchev–Trinajstić information content (AvgIpc) is 2.74. The SMILES string of the molecule is Cc1ccc(O)c2c1CC(c1ccccc1)C2N. The van der Waals surface area contributed by atoms with Gasteiger partial charge in [0.05, 0.1) is 0 Å². The first-order valence-corrected chi connectivity index (χ1v) is 6.30. The summed E-state index contributed by atoms with van der Waals surface area (Å²) in [6, 6.07) is 13.9. The van der Waals surface area contributed by atoms with Gasteiger partial charge in [0.1, 0.15) is 5.75 Å². The van der Waals surface area contributed by atoms with Crippen molar-refractivity contribution in [1.82, 2.24) is 0 Å². The Morgan fingerprint density at radius 2 is 1.83 bits per heavy atom. The van der Waals surface area contributed by atoms with Crippen LogP contribution in [0.5, 0.6) is 5.75 Å². The number of aryl methyl sites for hydroxylation is 1. The molecule has 2 unspecified atom stereocenters. The van der Waals surface area contributed by atoms with Crippen LogP contribution in [0.1, 0.15) is 34.2 Å². The number of benzene rings is 2. The highest BCUT2D eigenvalue weighted by atomic mass is 16.3. The van der Waals surface area contributed by atoms with Gasteiger partial charge in [-0.05, 0) is 36.1 Å². The minimum atomic E-state index is -0.109. The Kier molecular flexibility index (Phi) is 2.60. The highest BCUT2D eigenvalue weighted by molar-refractivity contribution is 5.52. The van der Waals surface area contributed by atoms with E-state index in [9.17, 15) is 5.11 Å². The summed E-state index contributed by atoms with van der Waals surface area (Å²) in [6.45, 7) is 2.08. The molecule has 0 amide bonds. The number of aromatic hydroxyl groups is 1. The third-order valence-corrected chi connectivity index (χ3v) is 3.99. The Morgan fingerprint density at radius 1 is 1.11 bits per heavy atom. The van der Waals surface area contributed by atoms with Gasteiger partial charge in [-0.15, -0.1) is 0 Å². The quantitative estimate of drug-likeness (QED) is 0.803. The van der Waals surface area contributed by atoms with Gasteiger partial charge in [-0.2, -0.15) is 0 Å². The largest absolute Gasteiger partial charge is 0.508 e. The second-order valence-corrected chi connectivity index (χ2v) is 5.04. The van der Waals surface area contributed by atoms with Crippen LogP contribution >= 0.6 is 0 Å². The molecule has 2 nitrogen and oxygen atoms in total. The lowest BCUT2D eigenvalue weighted by molar-refractivity contribution is 0.460. The van der Waals surface area contributed by atoms with E-state index in [4.69, 9.17) is 5.73 Å². The molecule has 92 valence electrons. The third-order valence-electron chi connectivity index (χ3n) is 3.99. The van der Waals surface area contributed by atoms with Crippen LogP contribution in [-0.2, 0) is 6.42 Å². The van der Waals surface area contributed by atoms with Gasteiger partial charge < -0.3 is 10.8 Å². The van der Waals surface area contributed by atoms with Gasteiger partial charge in [-0.1, -0.05) is 36.4 Å². The van der Waals surface area contributed by atoms with E-state index in [1.165, 1.54) is 16.7 Å². The maximum Gasteiger partial charge on any atom is 0.120 e. The van der Waals surface area contributed by atoms with Gasteiger partial charge in [-0.25, -0.2) is 0 Å². The lowest BCUT2D eigenvalue weighted by Gasteiger charge is -2.16. The maximum absolute atomic E-state index is 10.0. The van der Waals surface area contributed by atoms with Gasteiger partial charge in [0, 0.05) is 17.5 Å². The molecule has 2 heteroatoms. The maximum atomic E-state index is 10.0. The minimum absolute atomic E-state index is 0.109. The van der Waals surface area contributed by atoms with E-state index in [2.05, 4.69) is 19.1 Å². The van der Waals surface area contributed by atoms with E-state index >= 15 is 0 Å². The van der Waals surface area contributed by atoms with Crippen LogP contribution in [0.4, 0.5) is 0 Å². The summed E-state index contributed by atoms with van der Waals surface area (Å²) in [5, 5.41) is 10.0. The Balaban J connectivity index is 2.07. The van der Waals surface area contributed by atoms with Crippen LogP contribution in [0, 0.1) is 6.92 Å². The zero-order valence-corrected chi connectivity index (χ0v) is 10.4. The Bertz CT molecular complexity index is 577. The van der Waals surface area contributed by atoms with Gasteiger partial charge in [-0.3, -0.25) is 0 Å². The lowest BCUT2D eigenvalue weighted by Crippen LogP contribution is -2.15. The predicted molar refractivity (Wildman–Crippen MR) is 72.7 cm³/mol. The van der Waals surface area contributed by atoms with E-state index in [1.807, 2.05) is 24.3 Å². The number of rotatable bonds is 1. The lowest BCUT2D eigenvalue weighted by atomic mass is 9.93. The smallest absolute Gasteiger partial charge is 0.120 e. The second-order valence-electron chi connectivity index (χ2n) is 5.04. The predicted octanol–water partition coefficient (Wildman–Crippen LogP) is 3.04. The van der Waals surface area contributed by atoms with Crippen molar-refractivity contribution >= 4 is 0 Å². The van der Waals surface area contributed by atoms with Crippen molar-refractivity contribution in [3.05, 3.63) is 64.7 Å². The van der Waals surface area contributed by atoms with Crippen molar-refractivity contribution in [3.8, 4) is 5.75 Å². The van der Waals surface area contributed by atoms with E-state index in [0.29, 0.717) is 5.75 Å². The number of hydrogen-bond donors (Lipinski definition) is 2. The van der Waals surface area contributed by atoms with E-state index in [-0.39, 0.29) is 12.0 Å². The molecule has 0 radical (unpaired) electrons. The summed E-state index contributed by atoms with van der Waals surface area (Å²) < 4.78 is 0. The van der Waals surface area contributed by atoms with E-state index in [0.717, 1.165) is 12.0 Å². The fourth-order valence-electron chi connectivity index (χ4n) is 2.98. The number of nitrogens with two attached hydrogens (primary N) is 1. The first-order valence-electron chi connectivity index (χ1n) is 6.30. The summed E-state index contributed by atoms with van der Waals surface area (Å²) in [5.74, 6) is 0.606. The number of hydrogen-bond acceptors (Lipinski definition) is 2. The highest BCUT2D eigenvalue weighted by Crippen LogP contribution is 2.45. The van der Waals surface area contributed by atoms with Crippen LogP contribution < -0.4 is 5.73 Å². The van der Waals surface area contributed by atoms with Crippen molar-refractivity contribution in [2.75, 3.05) is 0 Å². The molecule has 18 heavy (non-hydrogen) atoms. The first kappa shape index (κ1) is 11.3. The summed E-state index contributed by atoms with van der Waals surface area (Å²) >= 11 is 0. The molecule has 0 aromatic heterocycles. The van der Waals surface area contributed by atoms with E-state index in [1.54, 1.807) is 6.07 Å². The average molecular weight is 239 g/mol. The van der Waals surface area contributed by atoms with Crippen molar-refractivity contribution in [2.24, 2.45) is 5.73 Å². The molecule has 0 fully saturated rings. The molecule has 2 aromatic rings. The van der Waals surface area contributed by atoms with Crippen molar-refractivity contribution in [3.63, 3.8) is 0 Å². The minimum Gasteiger partial charge on any atom is -0.508 e. The highest BCUT2D eigenvalue weighted by Gasteiger charge is 2.33. The number of fused-ring (bicyclic) bond motifs is 1. The molecule has 0 saturated carbocycles. The number of phenolic OH excluding ortho intramolecular Hbond substituents is 1. The molecule has 0 heterocycles. The fourth-order valence-corrected chi connectivity index (χ4v) is 2.98. The molecule has 2 aromatic carbocycles. The monoisotopic (exact) mass is 239 g/mol. The normalized spacial score (nSPS) is 21.9. The van der Waals surface area contributed by atoms with Gasteiger partial charge >= 0.3 is 0 Å². The molecular formula is C16H17NO. The summed E-state index contributed by atoms with van der Waals surface area (Å²) in [7, 11) is 0. The molecule has 0 aliphatic heterocycles. The summed E-state index contributed by atoms with van der Waals surface area (Å²) in [4.78, 5) is 0. The molecule has 2 atom stereocenters. The van der Waals surface area contributed by atoms with E-state index < -0.39 is 0 Å². The molecule has 0 bridgehead atoms. The van der Waals surface area contributed by atoms with Crippen LogP contribution in [-0.4, -0.2) is 5.11 Å². The Hall–Kier alpha value is -1.80. The van der Waals surface area contributed by atoms with Crippen LogP contribution in [0.2, 0.25) is 0 Å². The zero-order valence-electron chi connectivity index (χ0n) is 10.4. The van der Waals surface area contributed by atoms with Crippen LogP contribution in [0.3, 0.4) is 0 Å². The summed E-state index contributed by atoms with van der Waals surface area (Å²) in [5.41, 5.74) is 11.0. The van der Waals surface area contributed by atoms with Crippen molar-refractivity contribution < 1.29 is 5.11 Å². The number of phenols is 1. The fraction of sp³-hybridized carbons (Fsp3) is 0.250. The first-order chi connectivity index (χ1) is 8.68. The molecular weight excluding hydrogens is 222 g/mol. The van der Waals surface area contributed by atoms with Crippen LogP contribution in [0.15, 0.2) is 42.5 Å². The molecule has 1 aliphatic carbocycles. The molecule has 1 aliphatic rings. The topological polar surface area (TPSA) is 46.2 Å². The zero-order chi connectivity index (χ0) is 12.7. The standard InChI is InChI=1S/C16H17NO/c1-10-7-8-14(18)15-12(10)9-13(16(15)17)11-5-3-2-4-6-11/h2-8,13,16,18H,9,17H2,1H3. The summed E-state index contributed by atoms with van der Waals surface area (Å²) in [6.07, 6.45) is 0.917. The van der Waals surface area contributed by atoms with Gasteiger partial charge in [0.2, 0.25) is 0 Å². The molecule has 0 saturated heterocycles. The molecule has 3 N–H and O–H groups in total. The molecule has 0 spiro atoms. The van der Waals surface area contributed by atoms with Gasteiger partial charge in [0.15, 0.2) is 0 Å². The third kappa shape index (κ3) is 1.61. The Morgan fingerprint density at radius 3 is 2.50 bits per heavy atom. The van der Waals surface area contributed by atoms with Crippen molar-refractivity contribution in [2.45, 2.75) is 25.3 Å². The van der Waals surface area contributed by atoms with Crippen molar-refractivity contribution in [1.29, 1.82) is 0 Å². The Labute approximate surface area is 107 Å². The molecule has 3 rings (SSSR count). The van der Waals surface area contributed by atoms with Crippen LogP contribution in [0.25, 0.3) is 0 Å². The van der Waals surface area contributed by atoms with Gasteiger partial charge in [0.25, 0.3) is 0 Å². The second kappa shape index (κ2) is 4.14.